The molecule has 1 nitrogen and oxygen atoms in total. The summed E-state index contributed by atoms with van der Waals surface area (Å²) in [6.07, 6.45) is 0.717. The van der Waals surface area contributed by atoms with Crippen molar-refractivity contribution in [3.63, 3.8) is 0 Å². The minimum absolute atomic E-state index is 0.154. The Hall–Kier alpha value is -1.60. The van der Waals surface area contributed by atoms with Crippen molar-refractivity contribution in [1.29, 1.82) is 0 Å². The molecular formula is C16H16O. The summed E-state index contributed by atoms with van der Waals surface area (Å²) in [7, 11) is 0. The number of fused-ring (bicyclic) bond motifs is 1. The Morgan fingerprint density at radius 3 is 2.35 bits per heavy atom. The molecule has 0 unspecified atom stereocenters. The van der Waals surface area contributed by atoms with Gasteiger partial charge in [0.05, 0.1) is 0 Å². The van der Waals surface area contributed by atoms with E-state index < -0.39 is 5.60 Å². The van der Waals surface area contributed by atoms with E-state index in [0.29, 0.717) is 6.42 Å². The third-order valence-electron chi connectivity index (χ3n) is 3.97. The van der Waals surface area contributed by atoms with E-state index in [2.05, 4.69) is 19.1 Å². The van der Waals surface area contributed by atoms with E-state index in [9.17, 15) is 5.11 Å². The van der Waals surface area contributed by atoms with Gasteiger partial charge in [-0.2, -0.15) is 0 Å². The van der Waals surface area contributed by atoms with E-state index in [4.69, 9.17) is 0 Å². The molecule has 2 aromatic rings. The van der Waals surface area contributed by atoms with Gasteiger partial charge in [0.1, 0.15) is 5.60 Å². The summed E-state index contributed by atoms with van der Waals surface area (Å²) in [6, 6.07) is 18.3. The second-order valence-electron chi connectivity index (χ2n) is 4.89. The van der Waals surface area contributed by atoms with Crippen LogP contribution in [0.1, 0.15) is 29.5 Å². The molecule has 0 aliphatic heterocycles. The topological polar surface area (TPSA) is 20.2 Å². The van der Waals surface area contributed by atoms with Crippen molar-refractivity contribution >= 4 is 0 Å². The first-order chi connectivity index (χ1) is 8.22. The predicted octanol–water partition coefficient (Wildman–Crippen LogP) is 3.23. The fourth-order valence-corrected chi connectivity index (χ4v) is 2.90. The molecule has 86 valence electrons. The Kier molecular flexibility index (Phi) is 2.30. The molecule has 0 heterocycles. The molecule has 0 spiro atoms. The highest BCUT2D eigenvalue weighted by atomic mass is 16.3. The average Bonchev–Trinajstić information content (AvgIpc) is 2.65. The Morgan fingerprint density at radius 2 is 1.65 bits per heavy atom. The van der Waals surface area contributed by atoms with Crippen molar-refractivity contribution in [2.45, 2.75) is 24.9 Å². The first-order valence-corrected chi connectivity index (χ1v) is 6.07. The van der Waals surface area contributed by atoms with Crippen molar-refractivity contribution in [3.05, 3.63) is 71.3 Å². The summed E-state index contributed by atoms with van der Waals surface area (Å²) < 4.78 is 0. The normalized spacial score (nSPS) is 26.8. The molecule has 2 atom stereocenters. The standard InChI is InChI=1S/C16H16O/c1-12-15-10-6-5-7-13(15)11-16(12,17)14-8-3-2-4-9-14/h2-10,12,17H,11H2,1H3/t12-,16-/m1/s1. The van der Waals surface area contributed by atoms with E-state index >= 15 is 0 Å². The van der Waals surface area contributed by atoms with Crippen molar-refractivity contribution in [2.24, 2.45) is 0 Å². The Morgan fingerprint density at radius 1 is 1.00 bits per heavy atom. The molecule has 0 fully saturated rings. The van der Waals surface area contributed by atoms with Gasteiger partial charge in [0.2, 0.25) is 0 Å². The number of benzene rings is 2. The largest absolute Gasteiger partial charge is 0.384 e. The Balaban J connectivity index is 2.09. The van der Waals surface area contributed by atoms with Crippen LogP contribution in [0.5, 0.6) is 0 Å². The second-order valence-corrected chi connectivity index (χ2v) is 4.89. The third kappa shape index (κ3) is 1.50. The summed E-state index contributed by atoms with van der Waals surface area (Å²) in [5.74, 6) is 0.154. The monoisotopic (exact) mass is 224 g/mol. The minimum atomic E-state index is -0.745. The van der Waals surface area contributed by atoms with Gasteiger partial charge >= 0.3 is 0 Å². The van der Waals surface area contributed by atoms with Gasteiger partial charge < -0.3 is 5.11 Å². The zero-order valence-electron chi connectivity index (χ0n) is 9.93. The van der Waals surface area contributed by atoms with Crippen molar-refractivity contribution in [2.75, 3.05) is 0 Å². The van der Waals surface area contributed by atoms with E-state index in [1.807, 2.05) is 42.5 Å². The lowest BCUT2D eigenvalue weighted by Crippen LogP contribution is -2.29. The predicted molar refractivity (Wildman–Crippen MR) is 68.9 cm³/mol. The van der Waals surface area contributed by atoms with Crippen LogP contribution in [0.3, 0.4) is 0 Å². The van der Waals surface area contributed by atoms with E-state index in [1.54, 1.807) is 0 Å². The zero-order valence-corrected chi connectivity index (χ0v) is 9.93. The van der Waals surface area contributed by atoms with Crippen LogP contribution in [0.15, 0.2) is 54.6 Å². The number of hydrogen-bond donors (Lipinski definition) is 1. The van der Waals surface area contributed by atoms with Crippen LogP contribution in [-0.4, -0.2) is 5.11 Å². The van der Waals surface area contributed by atoms with Crippen molar-refractivity contribution in [3.8, 4) is 0 Å². The summed E-state index contributed by atoms with van der Waals surface area (Å²) in [6.45, 7) is 2.11. The van der Waals surface area contributed by atoms with Crippen LogP contribution < -0.4 is 0 Å². The van der Waals surface area contributed by atoms with Gasteiger partial charge in [0.15, 0.2) is 0 Å². The summed E-state index contributed by atoms with van der Waals surface area (Å²) in [4.78, 5) is 0. The second kappa shape index (κ2) is 3.71. The first kappa shape index (κ1) is 10.5. The lowest BCUT2D eigenvalue weighted by molar-refractivity contribution is 0.0250. The Labute approximate surface area is 102 Å². The fraction of sp³-hybridized carbons (Fsp3) is 0.250. The van der Waals surface area contributed by atoms with Gasteiger partial charge in [0, 0.05) is 12.3 Å². The third-order valence-corrected chi connectivity index (χ3v) is 3.97. The van der Waals surface area contributed by atoms with Crippen LogP contribution >= 0.6 is 0 Å². The molecule has 0 saturated heterocycles. The number of hydrogen-bond acceptors (Lipinski definition) is 1. The van der Waals surface area contributed by atoms with Gasteiger partial charge in [-0.3, -0.25) is 0 Å². The van der Waals surface area contributed by atoms with Crippen LogP contribution in [-0.2, 0) is 12.0 Å². The molecule has 2 aromatic carbocycles. The molecule has 1 aliphatic carbocycles. The average molecular weight is 224 g/mol. The molecule has 0 radical (unpaired) electrons. The highest BCUT2D eigenvalue weighted by Gasteiger charge is 2.42. The molecule has 1 N–H and O–H groups in total. The van der Waals surface area contributed by atoms with Gasteiger partial charge in [-0.05, 0) is 16.7 Å². The molecule has 1 aliphatic rings. The van der Waals surface area contributed by atoms with Crippen LogP contribution in [0.4, 0.5) is 0 Å². The van der Waals surface area contributed by atoms with Crippen molar-refractivity contribution < 1.29 is 5.11 Å². The molecule has 0 amide bonds. The number of aliphatic hydroxyl groups is 1. The quantitative estimate of drug-likeness (QED) is 0.788. The molecule has 0 aromatic heterocycles. The molecule has 0 saturated carbocycles. The smallest absolute Gasteiger partial charge is 0.100 e. The first-order valence-electron chi connectivity index (χ1n) is 6.07. The van der Waals surface area contributed by atoms with Gasteiger partial charge in [0.25, 0.3) is 0 Å². The van der Waals surface area contributed by atoms with Crippen LogP contribution in [0.25, 0.3) is 0 Å². The van der Waals surface area contributed by atoms with Gasteiger partial charge in [-0.15, -0.1) is 0 Å². The summed E-state index contributed by atoms with van der Waals surface area (Å²) in [5, 5.41) is 11.0. The molecule has 1 heteroatoms. The van der Waals surface area contributed by atoms with Crippen molar-refractivity contribution in [1.82, 2.24) is 0 Å². The maximum absolute atomic E-state index is 11.0. The van der Waals surface area contributed by atoms with Crippen LogP contribution in [0, 0.1) is 0 Å². The molecule has 17 heavy (non-hydrogen) atoms. The van der Waals surface area contributed by atoms with E-state index in [1.165, 1.54) is 11.1 Å². The Bertz CT molecular complexity index is 532. The van der Waals surface area contributed by atoms with Crippen LogP contribution in [0.2, 0.25) is 0 Å². The fourth-order valence-electron chi connectivity index (χ4n) is 2.90. The lowest BCUT2D eigenvalue weighted by atomic mass is 9.83. The lowest BCUT2D eigenvalue weighted by Gasteiger charge is -2.28. The minimum Gasteiger partial charge on any atom is -0.384 e. The summed E-state index contributed by atoms with van der Waals surface area (Å²) >= 11 is 0. The highest BCUT2D eigenvalue weighted by molar-refractivity contribution is 5.43. The van der Waals surface area contributed by atoms with Gasteiger partial charge in [-0.25, -0.2) is 0 Å². The molecule has 0 bridgehead atoms. The maximum atomic E-state index is 11.0. The summed E-state index contributed by atoms with van der Waals surface area (Å²) in [5.41, 5.74) is 2.82. The van der Waals surface area contributed by atoms with E-state index in [-0.39, 0.29) is 5.92 Å². The number of rotatable bonds is 1. The molecule has 3 rings (SSSR count). The van der Waals surface area contributed by atoms with E-state index in [0.717, 1.165) is 5.56 Å². The molecular weight excluding hydrogens is 208 g/mol. The van der Waals surface area contributed by atoms with Gasteiger partial charge in [-0.1, -0.05) is 61.5 Å². The maximum Gasteiger partial charge on any atom is 0.100 e. The SMILES string of the molecule is C[C@@H]1c2ccccc2C[C@]1(O)c1ccccc1. The zero-order chi connectivity index (χ0) is 11.9. The highest BCUT2D eigenvalue weighted by Crippen LogP contribution is 2.46.